The summed E-state index contributed by atoms with van der Waals surface area (Å²) in [5.74, 6) is 0.646. The molecule has 0 aliphatic carbocycles. The minimum absolute atomic E-state index is 0.513. The minimum Gasteiger partial charge on any atom is -0.264 e. The van der Waals surface area contributed by atoms with E-state index < -0.39 is 0 Å². The molecule has 96 valence electrons. The number of aryl methyl sites for hydroxylation is 2. The molecule has 0 aliphatic rings. The van der Waals surface area contributed by atoms with Crippen LogP contribution in [0.15, 0.2) is 24.5 Å². The first-order chi connectivity index (χ1) is 9.19. The van der Waals surface area contributed by atoms with Gasteiger partial charge >= 0.3 is 0 Å². The zero-order valence-electron chi connectivity index (χ0n) is 10.6. The molecule has 3 rings (SSSR count). The van der Waals surface area contributed by atoms with E-state index in [4.69, 9.17) is 11.6 Å². The largest absolute Gasteiger partial charge is 0.264 e. The van der Waals surface area contributed by atoms with E-state index in [-0.39, 0.29) is 0 Å². The summed E-state index contributed by atoms with van der Waals surface area (Å²) in [4.78, 5) is 15.4. The van der Waals surface area contributed by atoms with Crippen molar-refractivity contribution in [3.8, 4) is 11.4 Å². The molecule has 5 heteroatoms. The Balaban J connectivity index is 2.23. The molecule has 0 saturated heterocycles. The van der Waals surface area contributed by atoms with Crippen molar-refractivity contribution in [3.05, 3.63) is 40.1 Å². The number of halogens is 1. The quantitative estimate of drug-likeness (QED) is 0.661. The van der Waals surface area contributed by atoms with Gasteiger partial charge < -0.3 is 0 Å². The summed E-state index contributed by atoms with van der Waals surface area (Å²) in [6.07, 6.45) is 4.53. The summed E-state index contributed by atoms with van der Waals surface area (Å²) >= 11 is 7.94. The maximum atomic E-state index is 6.27. The van der Waals surface area contributed by atoms with Crippen molar-refractivity contribution in [1.29, 1.82) is 0 Å². The number of rotatable bonds is 2. The minimum atomic E-state index is 0.513. The van der Waals surface area contributed by atoms with Crippen LogP contribution in [0.25, 0.3) is 21.6 Å². The first-order valence-corrected chi connectivity index (χ1v) is 7.25. The number of thiophene rings is 1. The molecule has 0 radical (unpaired) electrons. The fourth-order valence-corrected chi connectivity index (χ4v) is 3.18. The van der Waals surface area contributed by atoms with Gasteiger partial charge in [0.05, 0.1) is 0 Å². The molecule has 19 heavy (non-hydrogen) atoms. The van der Waals surface area contributed by atoms with Crippen LogP contribution >= 0.6 is 22.9 Å². The van der Waals surface area contributed by atoms with Gasteiger partial charge in [0, 0.05) is 28.2 Å². The average Bonchev–Trinajstić information content (AvgIpc) is 2.83. The molecule has 0 spiro atoms. The van der Waals surface area contributed by atoms with Gasteiger partial charge in [0.25, 0.3) is 0 Å². The molecule has 3 heterocycles. The Bertz CT molecular complexity index is 752. The van der Waals surface area contributed by atoms with Crippen LogP contribution in [-0.4, -0.2) is 15.0 Å². The Morgan fingerprint density at radius 1 is 1.32 bits per heavy atom. The van der Waals surface area contributed by atoms with Crippen LogP contribution in [0.3, 0.4) is 0 Å². The Morgan fingerprint density at radius 3 is 2.89 bits per heavy atom. The van der Waals surface area contributed by atoms with Crippen molar-refractivity contribution in [2.45, 2.75) is 20.3 Å². The van der Waals surface area contributed by atoms with Crippen molar-refractivity contribution in [2.24, 2.45) is 0 Å². The standard InChI is InChI=1S/C14H12ClN3S/c1-3-9-6-10-12(15)17-13(18-14(10)19-9)11-7-16-5-4-8(11)2/h4-7H,3H2,1-2H3. The van der Waals surface area contributed by atoms with Crippen LogP contribution in [0.2, 0.25) is 5.15 Å². The molecule has 0 saturated carbocycles. The van der Waals surface area contributed by atoms with Gasteiger partial charge in [-0.3, -0.25) is 4.98 Å². The second kappa shape index (κ2) is 4.87. The molecular weight excluding hydrogens is 278 g/mol. The second-order valence-electron chi connectivity index (χ2n) is 4.31. The van der Waals surface area contributed by atoms with Crippen LogP contribution in [0.5, 0.6) is 0 Å². The van der Waals surface area contributed by atoms with Crippen molar-refractivity contribution < 1.29 is 0 Å². The molecule has 0 bridgehead atoms. The topological polar surface area (TPSA) is 38.7 Å². The first kappa shape index (κ1) is 12.5. The highest BCUT2D eigenvalue weighted by atomic mass is 35.5. The summed E-state index contributed by atoms with van der Waals surface area (Å²) < 4.78 is 0. The summed E-state index contributed by atoms with van der Waals surface area (Å²) in [5, 5.41) is 1.45. The monoisotopic (exact) mass is 289 g/mol. The Morgan fingerprint density at radius 2 is 2.16 bits per heavy atom. The fourth-order valence-electron chi connectivity index (χ4n) is 1.93. The van der Waals surface area contributed by atoms with E-state index >= 15 is 0 Å². The van der Waals surface area contributed by atoms with Crippen LogP contribution in [0, 0.1) is 6.92 Å². The molecule has 0 aromatic carbocycles. The molecule has 0 unspecified atom stereocenters. The summed E-state index contributed by atoms with van der Waals surface area (Å²) in [5.41, 5.74) is 2.02. The third kappa shape index (κ3) is 2.22. The normalized spacial score (nSPS) is 11.1. The maximum absolute atomic E-state index is 6.27. The second-order valence-corrected chi connectivity index (χ2v) is 5.79. The zero-order chi connectivity index (χ0) is 13.4. The lowest BCUT2D eigenvalue weighted by molar-refractivity contribution is 1.18. The van der Waals surface area contributed by atoms with Gasteiger partial charge in [0.15, 0.2) is 5.82 Å². The predicted octanol–water partition coefficient (Wildman–Crippen LogP) is 4.28. The van der Waals surface area contributed by atoms with Gasteiger partial charge in [-0.25, -0.2) is 9.97 Å². The Hall–Kier alpha value is -1.52. The predicted molar refractivity (Wildman–Crippen MR) is 79.8 cm³/mol. The smallest absolute Gasteiger partial charge is 0.164 e. The van der Waals surface area contributed by atoms with E-state index in [0.29, 0.717) is 11.0 Å². The fraction of sp³-hybridized carbons (Fsp3) is 0.214. The van der Waals surface area contributed by atoms with Gasteiger partial charge in [-0.2, -0.15) is 0 Å². The number of nitrogens with zero attached hydrogens (tertiary/aromatic N) is 3. The lowest BCUT2D eigenvalue weighted by atomic mass is 10.1. The summed E-state index contributed by atoms with van der Waals surface area (Å²) in [6.45, 7) is 4.14. The number of fused-ring (bicyclic) bond motifs is 1. The lowest BCUT2D eigenvalue weighted by Crippen LogP contribution is -1.92. The summed E-state index contributed by atoms with van der Waals surface area (Å²) in [7, 11) is 0. The van der Waals surface area contributed by atoms with Gasteiger partial charge in [-0.15, -0.1) is 11.3 Å². The van der Waals surface area contributed by atoms with E-state index in [1.807, 2.05) is 13.0 Å². The van der Waals surface area contributed by atoms with E-state index in [1.165, 1.54) is 4.88 Å². The van der Waals surface area contributed by atoms with Crippen molar-refractivity contribution >= 4 is 33.2 Å². The first-order valence-electron chi connectivity index (χ1n) is 6.06. The Kier molecular flexibility index (Phi) is 3.21. The van der Waals surface area contributed by atoms with Gasteiger partial charge in [-0.05, 0) is 31.0 Å². The number of pyridine rings is 1. The van der Waals surface area contributed by atoms with Gasteiger partial charge in [-0.1, -0.05) is 18.5 Å². The van der Waals surface area contributed by atoms with Crippen LogP contribution in [0.1, 0.15) is 17.4 Å². The molecule has 0 aliphatic heterocycles. The number of hydrogen-bond donors (Lipinski definition) is 0. The number of aromatic nitrogens is 3. The zero-order valence-corrected chi connectivity index (χ0v) is 12.2. The van der Waals surface area contributed by atoms with E-state index in [1.54, 1.807) is 23.7 Å². The van der Waals surface area contributed by atoms with Crippen LogP contribution in [0.4, 0.5) is 0 Å². The van der Waals surface area contributed by atoms with Gasteiger partial charge in [0.2, 0.25) is 0 Å². The van der Waals surface area contributed by atoms with Crippen LogP contribution in [-0.2, 0) is 6.42 Å². The maximum Gasteiger partial charge on any atom is 0.164 e. The van der Waals surface area contributed by atoms with E-state index in [0.717, 1.165) is 27.8 Å². The lowest BCUT2D eigenvalue weighted by Gasteiger charge is -2.04. The molecule has 0 amide bonds. The van der Waals surface area contributed by atoms with E-state index in [9.17, 15) is 0 Å². The number of hydrogen-bond acceptors (Lipinski definition) is 4. The highest BCUT2D eigenvalue weighted by Crippen LogP contribution is 2.31. The third-order valence-electron chi connectivity index (χ3n) is 3.03. The average molecular weight is 290 g/mol. The third-order valence-corrected chi connectivity index (χ3v) is 4.49. The molecule has 3 nitrogen and oxygen atoms in total. The molecule has 0 N–H and O–H groups in total. The SMILES string of the molecule is CCc1cc2c(Cl)nc(-c3cnccc3C)nc2s1. The highest BCUT2D eigenvalue weighted by Gasteiger charge is 2.12. The summed E-state index contributed by atoms with van der Waals surface area (Å²) in [6, 6.07) is 4.02. The molecule has 0 fully saturated rings. The van der Waals surface area contributed by atoms with Crippen molar-refractivity contribution in [1.82, 2.24) is 15.0 Å². The highest BCUT2D eigenvalue weighted by molar-refractivity contribution is 7.18. The molecular formula is C14H12ClN3S. The Labute approximate surface area is 120 Å². The molecule has 0 atom stereocenters. The van der Waals surface area contributed by atoms with Crippen LogP contribution < -0.4 is 0 Å². The van der Waals surface area contributed by atoms with E-state index in [2.05, 4.69) is 27.9 Å². The molecule has 3 aromatic heterocycles. The van der Waals surface area contributed by atoms with Gasteiger partial charge in [0.1, 0.15) is 9.98 Å². The molecule has 3 aromatic rings. The van der Waals surface area contributed by atoms with Crippen molar-refractivity contribution in [2.75, 3.05) is 0 Å². The van der Waals surface area contributed by atoms with Crippen molar-refractivity contribution in [3.63, 3.8) is 0 Å².